The largest absolute Gasteiger partial charge is 1.00 e. The Morgan fingerprint density at radius 2 is 1.55 bits per heavy atom. The summed E-state index contributed by atoms with van der Waals surface area (Å²) in [6, 6.07) is 9.57. The van der Waals surface area contributed by atoms with Crippen LogP contribution in [-0.2, 0) is 9.53 Å². The molecule has 146 valence electrons. The third kappa shape index (κ3) is 6.70. The number of amides is 2. The first kappa shape index (κ1) is 24.4. The monoisotopic (exact) mass is 406 g/mol. The minimum atomic E-state index is -1.35. The molecular formula is C20H19N2NaO6. The van der Waals surface area contributed by atoms with Gasteiger partial charge in [0.15, 0.2) is 0 Å². The molecule has 0 saturated heterocycles. The van der Waals surface area contributed by atoms with Gasteiger partial charge in [-0.25, -0.2) is 4.79 Å². The summed E-state index contributed by atoms with van der Waals surface area (Å²) in [5.74, 6) is -2.76. The topological polar surface area (TPSA) is 125 Å². The van der Waals surface area contributed by atoms with Crippen molar-refractivity contribution in [2.24, 2.45) is 0 Å². The smallest absolute Gasteiger partial charge is 0.545 e. The van der Waals surface area contributed by atoms with E-state index in [1.165, 1.54) is 42.5 Å². The summed E-state index contributed by atoms with van der Waals surface area (Å²) in [5.41, 5.74) is 0.802. The van der Waals surface area contributed by atoms with Crippen molar-refractivity contribution in [3.05, 3.63) is 59.2 Å². The Morgan fingerprint density at radius 1 is 0.931 bits per heavy atom. The maximum atomic E-state index is 12.5. The summed E-state index contributed by atoms with van der Waals surface area (Å²) >= 11 is 0. The van der Waals surface area contributed by atoms with Gasteiger partial charge in [-0.3, -0.25) is 9.59 Å². The molecule has 0 fully saturated rings. The number of carbonyl (C=O) groups excluding carboxylic acids is 4. The SMILES string of the molecule is CCOC(=O)c1ccc(NC(=O)CC)cc1NC(=O)c1ccc(C(=O)[O-])cc1.[Na+]. The van der Waals surface area contributed by atoms with Crippen LogP contribution in [0.5, 0.6) is 0 Å². The van der Waals surface area contributed by atoms with E-state index in [1.54, 1.807) is 13.8 Å². The van der Waals surface area contributed by atoms with Crippen LogP contribution in [0.4, 0.5) is 11.4 Å². The van der Waals surface area contributed by atoms with Gasteiger partial charge in [-0.1, -0.05) is 19.1 Å². The van der Waals surface area contributed by atoms with Gasteiger partial charge in [0.2, 0.25) is 5.91 Å². The first-order valence-electron chi connectivity index (χ1n) is 8.59. The molecular weight excluding hydrogens is 387 g/mol. The second-order valence-electron chi connectivity index (χ2n) is 5.70. The molecule has 0 spiro atoms. The van der Waals surface area contributed by atoms with E-state index in [1.807, 2.05) is 0 Å². The van der Waals surface area contributed by atoms with Crippen LogP contribution in [0.3, 0.4) is 0 Å². The molecule has 2 aromatic carbocycles. The van der Waals surface area contributed by atoms with Crippen LogP contribution in [0, 0.1) is 0 Å². The van der Waals surface area contributed by atoms with Crippen molar-refractivity contribution in [3.63, 3.8) is 0 Å². The molecule has 0 aromatic heterocycles. The van der Waals surface area contributed by atoms with Gasteiger partial charge in [0.25, 0.3) is 5.91 Å². The molecule has 2 amide bonds. The van der Waals surface area contributed by atoms with Crippen molar-refractivity contribution in [2.75, 3.05) is 17.2 Å². The maximum absolute atomic E-state index is 12.5. The Labute approximate surface area is 189 Å². The molecule has 0 radical (unpaired) electrons. The van der Waals surface area contributed by atoms with Crippen molar-refractivity contribution in [3.8, 4) is 0 Å². The second-order valence-corrected chi connectivity index (χ2v) is 5.70. The number of hydrogen-bond acceptors (Lipinski definition) is 6. The number of ether oxygens (including phenoxy) is 1. The van der Waals surface area contributed by atoms with Gasteiger partial charge in [-0.05, 0) is 42.8 Å². The Hall–Kier alpha value is -2.68. The number of hydrogen-bond donors (Lipinski definition) is 2. The van der Waals surface area contributed by atoms with E-state index < -0.39 is 17.8 Å². The van der Waals surface area contributed by atoms with Crippen LogP contribution in [0.1, 0.15) is 51.3 Å². The zero-order valence-electron chi connectivity index (χ0n) is 16.4. The van der Waals surface area contributed by atoms with E-state index in [4.69, 9.17) is 4.74 Å². The predicted molar refractivity (Wildman–Crippen MR) is 100 cm³/mol. The minimum Gasteiger partial charge on any atom is -0.545 e. The molecule has 0 bridgehead atoms. The third-order valence-electron chi connectivity index (χ3n) is 3.75. The first-order valence-corrected chi connectivity index (χ1v) is 8.59. The standard InChI is InChI=1S/C20H20N2O6.Na/c1-3-17(23)21-14-9-10-15(20(27)28-4-2)16(11-14)22-18(24)12-5-7-13(8-6-12)19(25)26;/h5-11H,3-4H2,1-2H3,(H,21,23)(H,22,24)(H,25,26);/q;+1/p-1. The molecule has 0 saturated carbocycles. The van der Waals surface area contributed by atoms with Crippen LogP contribution < -0.4 is 45.3 Å². The first-order chi connectivity index (χ1) is 13.3. The molecule has 2 N–H and O–H groups in total. The molecule has 0 aliphatic rings. The molecule has 2 aromatic rings. The van der Waals surface area contributed by atoms with E-state index in [0.717, 1.165) is 0 Å². The summed E-state index contributed by atoms with van der Waals surface area (Å²) < 4.78 is 4.99. The summed E-state index contributed by atoms with van der Waals surface area (Å²) in [4.78, 5) is 47.1. The molecule has 29 heavy (non-hydrogen) atoms. The summed E-state index contributed by atoms with van der Waals surface area (Å²) in [6.07, 6.45) is 0.270. The number of rotatable bonds is 7. The molecule has 2 rings (SSSR count). The second kappa shape index (κ2) is 11.4. The number of anilines is 2. The third-order valence-corrected chi connectivity index (χ3v) is 3.75. The summed E-state index contributed by atoms with van der Waals surface area (Å²) in [6.45, 7) is 3.51. The number of aromatic carboxylic acids is 1. The number of carbonyl (C=O) groups is 4. The maximum Gasteiger partial charge on any atom is 1.00 e. The molecule has 8 nitrogen and oxygen atoms in total. The quantitative estimate of drug-likeness (QED) is 0.441. The van der Waals surface area contributed by atoms with E-state index in [0.29, 0.717) is 5.69 Å². The molecule has 0 heterocycles. The molecule has 0 aliphatic heterocycles. The summed E-state index contributed by atoms with van der Waals surface area (Å²) in [7, 11) is 0. The van der Waals surface area contributed by atoms with E-state index in [9.17, 15) is 24.3 Å². The van der Waals surface area contributed by atoms with Crippen molar-refractivity contribution >= 4 is 35.1 Å². The molecule has 0 atom stereocenters. The van der Waals surface area contributed by atoms with Crippen molar-refractivity contribution in [1.29, 1.82) is 0 Å². The zero-order valence-corrected chi connectivity index (χ0v) is 18.4. The van der Waals surface area contributed by atoms with Crippen LogP contribution in [0.15, 0.2) is 42.5 Å². The molecule has 0 unspecified atom stereocenters. The van der Waals surface area contributed by atoms with Gasteiger partial charge in [-0.2, -0.15) is 0 Å². The Bertz CT molecular complexity index is 912. The normalized spacial score (nSPS) is 9.72. The van der Waals surface area contributed by atoms with Crippen molar-refractivity contribution in [2.45, 2.75) is 20.3 Å². The van der Waals surface area contributed by atoms with Gasteiger partial charge in [0.05, 0.1) is 23.8 Å². The van der Waals surface area contributed by atoms with Crippen molar-refractivity contribution in [1.82, 2.24) is 0 Å². The van der Waals surface area contributed by atoms with Crippen LogP contribution in [0.25, 0.3) is 0 Å². The van der Waals surface area contributed by atoms with Gasteiger partial charge >= 0.3 is 35.5 Å². The fourth-order valence-corrected chi connectivity index (χ4v) is 2.31. The van der Waals surface area contributed by atoms with Crippen molar-refractivity contribution < 1.29 is 58.6 Å². The number of nitrogens with one attached hydrogen (secondary N) is 2. The molecule has 0 aliphatic carbocycles. The Kier molecular flexibility index (Phi) is 9.54. The number of carboxylic acids is 1. The fraction of sp³-hybridized carbons (Fsp3) is 0.200. The molecule has 9 heteroatoms. The Morgan fingerprint density at radius 3 is 2.10 bits per heavy atom. The zero-order chi connectivity index (χ0) is 20.7. The number of benzene rings is 2. The van der Waals surface area contributed by atoms with Gasteiger partial charge in [0, 0.05) is 17.7 Å². The summed E-state index contributed by atoms with van der Waals surface area (Å²) in [5, 5.41) is 16.0. The van der Waals surface area contributed by atoms with Gasteiger partial charge in [0.1, 0.15) is 0 Å². The van der Waals surface area contributed by atoms with Crippen LogP contribution >= 0.6 is 0 Å². The van der Waals surface area contributed by atoms with E-state index in [2.05, 4.69) is 10.6 Å². The van der Waals surface area contributed by atoms with Crippen LogP contribution in [0.2, 0.25) is 0 Å². The number of carboxylic acid groups (broad SMARTS) is 1. The number of esters is 1. The van der Waals surface area contributed by atoms with E-state index >= 15 is 0 Å². The average molecular weight is 406 g/mol. The van der Waals surface area contributed by atoms with E-state index in [-0.39, 0.29) is 70.9 Å². The minimum absolute atomic E-state index is 0. The predicted octanol–water partition coefficient (Wildman–Crippen LogP) is -1.17. The Balaban J connectivity index is 0.00000420. The van der Waals surface area contributed by atoms with Crippen LogP contribution in [-0.4, -0.2) is 30.4 Å². The average Bonchev–Trinajstić information content (AvgIpc) is 2.68. The van der Waals surface area contributed by atoms with Gasteiger partial charge in [-0.15, -0.1) is 0 Å². The van der Waals surface area contributed by atoms with Gasteiger partial charge < -0.3 is 25.3 Å². The fourth-order valence-electron chi connectivity index (χ4n) is 2.31.